The Hall–Kier alpha value is 0.390. The molecule has 1 fully saturated rings. The minimum atomic E-state index is -4.00. The van der Waals surface area contributed by atoms with E-state index in [9.17, 15) is 13.2 Å². The summed E-state index contributed by atoms with van der Waals surface area (Å²) < 4.78 is 43.4. The summed E-state index contributed by atoms with van der Waals surface area (Å²) in [6.07, 6.45) is -2.31. The lowest BCUT2D eigenvalue weighted by atomic mass is 9.91. The third-order valence-corrected chi connectivity index (χ3v) is 3.40. The average molecular weight is 239 g/mol. The predicted octanol–water partition coefficient (Wildman–Crippen LogP) is 2.43. The van der Waals surface area contributed by atoms with Crippen LogP contribution in [0, 0.1) is 5.41 Å². The van der Waals surface area contributed by atoms with E-state index in [1.165, 1.54) is 5.09 Å². The van der Waals surface area contributed by atoms with Gasteiger partial charge in [-0.3, -0.25) is 0 Å². The first kappa shape index (κ1) is 11.5. The molecule has 78 valence electrons. The van der Waals surface area contributed by atoms with Gasteiger partial charge in [-0.25, -0.2) is 4.39 Å². The predicted molar refractivity (Wildman–Crippen MR) is 42.8 cm³/mol. The smallest absolute Gasteiger partial charge is 0.210 e. The Labute approximate surface area is 78.6 Å². The Kier molecular flexibility index (Phi) is 2.59. The molecule has 0 saturated carbocycles. The summed E-state index contributed by atoms with van der Waals surface area (Å²) in [7, 11) is -4.00. The van der Waals surface area contributed by atoms with E-state index in [4.69, 9.17) is 16.1 Å². The highest BCUT2D eigenvalue weighted by Gasteiger charge is 2.68. The van der Waals surface area contributed by atoms with Crippen LogP contribution in [0.5, 0.6) is 0 Å². The van der Waals surface area contributed by atoms with Crippen LogP contribution in [0.4, 0.5) is 13.2 Å². The molecule has 0 bridgehead atoms. The van der Waals surface area contributed by atoms with Gasteiger partial charge >= 0.3 is 13.3 Å². The number of hydrogen-bond donors (Lipinski definition) is 2. The van der Waals surface area contributed by atoms with Crippen LogP contribution in [-0.2, 0) is 4.52 Å². The van der Waals surface area contributed by atoms with Gasteiger partial charge in [-0.15, -0.1) is 4.52 Å². The third kappa shape index (κ3) is 1.92. The van der Waals surface area contributed by atoms with Gasteiger partial charge in [0.05, 0.1) is 0 Å². The third-order valence-electron chi connectivity index (χ3n) is 1.89. The molecule has 1 saturated heterocycles. The lowest BCUT2D eigenvalue weighted by molar-refractivity contribution is -0.212. The van der Waals surface area contributed by atoms with Crippen LogP contribution in [-0.4, -0.2) is 17.3 Å². The van der Waals surface area contributed by atoms with Crippen molar-refractivity contribution in [3.05, 3.63) is 0 Å². The zero-order chi connectivity index (χ0) is 10.5. The minimum Gasteiger partial charge on any atom is -0.210 e. The molecule has 1 aliphatic rings. The summed E-state index contributed by atoms with van der Waals surface area (Å²) >= 11 is 5.09. The van der Waals surface area contributed by atoms with Gasteiger partial charge in [-0.2, -0.15) is 13.7 Å². The molecule has 0 radical (unpaired) electrons. The summed E-state index contributed by atoms with van der Waals surface area (Å²) in [4.78, 5) is 8.94. The second-order valence-corrected chi connectivity index (χ2v) is 6.14. The highest BCUT2D eigenvalue weighted by atomic mass is 35.7. The monoisotopic (exact) mass is 238 g/mol. The van der Waals surface area contributed by atoms with Crippen LogP contribution in [0.25, 0.3) is 0 Å². The fourth-order valence-corrected chi connectivity index (χ4v) is 2.46. The topological polar surface area (TPSA) is 41.5 Å². The molecule has 1 heterocycles. The van der Waals surface area contributed by atoms with Gasteiger partial charge in [0.15, 0.2) is 11.2 Å². The molecular weight excluding hydrogens is 229 g/mol. The molecule has 2 N–H and O–H groups in total. The van der Waals surface area contributed by atoms with E-state index in [0.717, 1.165) is 13.8 Å². The number of halogens is 4. The summed E-state index contributed by atoms with van der Waals surface area (Å²) in [6.45, 7) is 1.95. The van der Waals surface area contributed by atoms with Crippen LogP contribution < -0.4 is 5.09 Å². The van der Waals surface area contributed by atoms with Gasteiger partial charge < -0.3 is 0 Å². The maximum absolute atomic E-state index is 13.1. The molecule has 0 aromatic rings. The van der Waals surface area contributed by atoms with Crippen molar-refractivity contribution >= 4 is 18.5 Å². The quantitative estimate of drug-likeness (QED) is 0.503. The fraction of sp³-hybridized carbons (Fsp3) is 1.00. The largest absolute Gasteiger partial charge is 0.460 e. The van der Waals surface area contributed by atoms with Crippen molar-refractivity contribution in [1.29, 1.82) is 0 Å². The number of nitrogens with one attached hydrogen (secondary N) is 1. The first-order valence-electron chi connectivity index (χ1n) is 3.40. The maximum Gasteiger partial charge on any atom is 0.460 e. The van der Waals surface area contributed by atoms with E-state index >= 15 is 0 Å². The Bertz CT molecular complexity index is 226. The lowest BCUT2D eigenvalue weighted by Gasteiger charge is -2.39. The normalized spacial score (nSPS) is 43.2. The van der Waals surface area contributed by atoms with Crippen molar-refractivity contribution in [2.45, 2.75) is 26.3 Å². The van der Waals surface area contributed by atoms with Gasteiger partial charge in [-0.05, 0) is 13.8 Å². The molecule has 2 unspecified atom stereocenters. The molecule has 0 aromatic heterocycles. The van der Waals surface area contributed by atoms with Crippen LogP contribution in [0.2, 0.25) is 0 Å². The molecule has 0 aromatic carbocycles. The highest BCUT2D eigenvalue weighted by molar-refractivity contribution is 7.89. The molecule has 1 aliphatic heterocycles. The second kappa shape index (κ2) is 2.94. The fourth-order valence-electron chi connectivity index (χ4n) is 0.741. The van der Waals surface area contributed by atoms with Crippen molar-refractivity contribution in [2.75, 3.05) is 0 Å². The molecule has 3 nitrogen and oxygen atoms in total. The molecule has 2 atom stereocenters. The van der Waals surface area contributed by atoms with Crippen LogP contribution >= 0.6 is 18.5 Å². The Morgan fingerprint density at radius 3 is 2.38 bits per heavy atom. The molecular formula is C5H9ClF3NO2P+. The van der Waals surface area contributed by atoms with E-state index in [0.29, 0.717) is 0 Å². The lowest BCUT2D eigenvalue weighted by Crippen LogP contribution is -2.57. The van der Waals surface area contributed by atoms with Crippen molar-refractivity contribution < 1.29 is 22.6 Å². The summed E-state index contributed by atoms with van der Waals surface area (Å²) in [5.74, 6) is 0. The minimum absolute atomic E-state index is 0.973. The average Bonchev–Trinajstić information content (AvgIpc) is 1.80. The van der Waals surface area contributed by atoms with Crippen molar-refractivity contribution in [3.63, 3.8) is 0 Å². The first-order chi connectivity index (χ1) is 5.58. The van der Waals surface area contributed by atoms with Gasteiger partial charge in [0.2, 0.25) is 0 Å². The van der Waals surface area contributed by atoms with Gasteiger partial charge in [0.25, 0.3) is 6.36 Å². The first-order valence-corrected chi connectivity index (χ1v) is 5.96. The molecule has 8 heteroatoms. The Balaban J connectivity index is 2.96. The van der Waals surface area contributed by atoms with Gasteiger partial charge in [0.1, 0.15) is 5.41 Å². The second-order valence-electron chi connectivity index (χ2n) is 3.33. The van der Waals surface area contributed by atoms with Gasteiger partial charge in [0, 0.05) is 0 Å². The van der Waals surface area contributed by atoms with E-state index in [1.54, 1.807) is 0 Å². The van der Waals surface area contributed by atoms with E-state index < -0.39 is 25.0 Å². The maximum atomic E-state index is 13.1. The highest BCUT2D eigenvalue weighted by Crippen LogP contribution is 2.66. The molecule has 0 aliphatic carbocycles. The molecule has 13 heavy (non-hydrogen) atoms. The summed E-state index contributed by atoms with van der Waals surface area (Å²) in [6, 6.07) is -3.60. The Morgan fingerprint density at radius 1 is 1.54 bits per heavy atom. The number of alkyl halides is 3. The molecule has 0 amide bonds. The standard InChI is InChI=1S/C5H9ClF3NO2P/c1-4(2)3(7)12-13(6,11)10-5(4,8)9/h3,10-11H,1-2H3/q+1. The molecule has 1 rings (SSSR count). The molecule has 0 spiro atoms. The van der Waals surface area contributed by atoms with Crippen molar-refractivity contribution in [2.24, 2.45) is 5.41 Å². The van der Waals surface area contributed by atoms with Crippen molar-refractivity contribution in [1.82, 2.24) is 5.09 Å². The van der Waals surface area contributed by atoms with Crippen LogP contribution in [0.3, 0.4) is 0 Å². The van der Waals surface area contributed by atoms with Gasteiger partial charge in [-0.1, -0.05) is 5.09 Å². The number of hydrogen-bond acceptors (Lipinski definition) is 3. The summed E-state index contributed by atoms with van der Waals surface area (Å²) in [5, 5.41) is 1.39. The zero-order valence-electron chi connectivity index (χ0n) is 6.89. The number of rotatable bonds is 0. The SMILES string of the molecule is CC1(C)C(F)O[P+](O)(Cl)NC1(F)F. The van der Waals surface area contributed by atoms with Crippen LogP contribution in [0.1, 0.15) is 13.8 Å². The van der Waals surface area contributed by atoms with Crippen molar-refractivity contribution in [3.8, 4) is 0 Å². The van der Waals surface area contributed by atoms with E-state index in [1.807, 2.05) is 0 Å². The zero-order valence-corrected chi connectivity index (χ0v) is 8.54. The van der Waals surface area contributed by atoms with E-state index in [-0.39, 0.29) is 0 Å². The van der Waals surface area contributed by atoms with E-state index in [2.05, 4.69) is 4.52 Å². The summed E-state index contributed by atoms with van der Waals surface area (Å²) in [5.41, 5.74) is -2.06. The Morgan fingerprint density at radius 2 is 2.00 bits per heavy atom. The van der Waals surface area contributed by atoms with Crippen LogP contribution in [0.15, 0.2) is 0 Å².